The van der Waals surface area contributed by atoms with Crippen LogP contribution in [0.1, 0.15) is 45.2 Å². The van der Waals surface area contributed by atoms with E-state index in [1.54, 1.807) is 0 Å². The van der Waals surface area contributed by atoms with Crippen molar-refractivity contribution in [3.8, 4) is 0 Å². The molecule has 0 bridgehead atoms. The number of aromatic nitrogens is 2. The van der Waals surface area contributed by atoms with Crippen LogP contribution in [0.3, 0.4) is 0 Å². The highest BCUT2D eigenvalue weighted by Crippen LogP contribution is 2.28. The number of rotatable bonds is 5. The molecule has 1 fully saturated rings. The van der Waals surface area contributed by atoms with Crippen molar-refractivity contribution < 1.29 is 0 Å². The first-order chi connectivity index (χ1) is 9.20. The van der Waals surface area contributed by atoms with Gasteiger partial charge in [-0.2, -0.15) is 0 Å². The van der Waals surface area contributed by atoms with E-state index in [0.29, 0.717) is 6.04 Å². The number of nitrogens with zero attached hydrogens (tertiary/aromatic N) is 3. The Morgan fingerprint density at radius 2 is 2.21 bits per heavy atom. The third-order valence-corrected chi connectivity index (χ3v) is 4.05. The van der Waals surface area contributed by atoms with Crippen LogP contribution in [-0.4, -0.2) is 29.6 Å². The molecule has 0 spiro atoms. The molecule has 1 N–H and O–H groups in total. The van der Waals surface area contributed by atoms with Crippen LogP contribution in [0.5, 0.6) is 0 Å². The first-order valence-electron chi connectivity index (χ1n) is 7.45. The van der Waals surface area contributed by atoms with Gasteiger partial charge >= 0.3 is 0 Å². The minimum Gasteiger partial charge on any atom is -0.355 e. The lowest BCUT2D eigenvalue weighted by atomic mass is 9.86. The Morgan fingerprint density at radius 1 is 1.37 bits per heavy atom. The van der Waals surface area contributed by atoms with Crippen molar-refractivity contribution in [1.82, 2.24) is 15.3 Å². The Kier molecular flexibility index (Phi) is 5.14. The Balaban J connectivity index is 2.03. The molecule has 19 heavy (non-hydrogen) atoms. The monoisotopic (exact) mass is 262 g/mol. The highest BCUT2D eigenvalue weighted by molar-refractivity contribution is 5.36. The van der Waals surface area contributed by atoms with Crippen LogP contribution in [0.4, 0.5) is 5.82 Å². The van der Waals surface area contributed by atoms with E-state index in [2.05, 4.69) is 36.1 Å². The zero-order chi connectivity index (χ0) is 13.7. The quantitative estimate of drug-likeness (QED) is 0.885. The summed E-state index contributed by atoms with van der Waals surface area (Å²) in [5, 5.41) is 3.30. The molecule has 4 nitrogen and oxygen atoms in total. The number of hydrogen-bond acceptors (Lipinski definition) is 4. The molecule has 1 aliphatic rings. The van der Waals surface area contributed by atoms with Crippen LogP contribution in [0, 0.1) is 5.92 Å². The van der Waals surface area contributed by atoms with Crippen molar-refractivity contribution in [2.75, 3.05) is 18.5 Å². The molecule has 0 saturated heterocycles. The molecule has 2 unspecified atom stereocenters. The Labute approximate surface area is 116 Å². The lowest BCUT2D eigenvalue weighted by molar-refractivity contribution is 0.335. The predicted octanol–water partition coefficient (Wildman–Crippen LogP) is 2.60. The van der Waals surface area contributed by atoms with E-state index < -0.39 is 0 Å². The van der Waals surface area contributed by atoms with Crippen molar-refractivity contribution >= 4 is 5.82 Å². The van der Waals surface area contributed by atoms with Crippen molar-refractivity contribution in [1.29, 1.82) is 0 Å². The van der Waals surface area contributed by atoms with Gasteiger partial charge in [-0.3, -0.25) is 4.98 Å². The standard InChI is InChI=1S/C15H26N4/c1-4-16-9-13-10-17-11-15(18-13)19(3)14-7-5-6-12(2)8-14/h10-12,14,16H,4-9H2,1-3H3. The summed E-state index contributed by atoms with van der Waals surface area (Å²) in [6, 6.07) is 0.618. The largest absolute Gasteiger partial charge is 0.355 e. The molecule has 0 radical (unpaired) electrons. The van der Waals surface area contributed by atoms with Gasteiger partial charge in [0.25, 0.3) is 0 Å². The van der Waals surface area contributed by atoms with E-state index in [-0.39, 0.29) is 0 Å². The van der Waals surface area contributed by atoms with E-state index in [4.69, 9.17) is 4.98 Å². The summed E-state index contributed by atoms with van der Waals surface area (Å²) >= 11 is 0. The maximum Gasteiger partial charge on any atom is 0.147 e. The van der Waals surface area contributed by atoms with Gasteiger partial charge in [0.1, 0.15) is 5.82 Å². The first-order valence-corrected chi connectivity index (χ1v) is 7.45. The summed E-state index contributed by atoms with van der Waals surface area (Å²) < 4.78 is 0. The zero-order valence-corrected chi connectivity index (χ0v) is 12.4. The zero-order valence-electron chi connectivity index (χ0n) is 12.4. The van der Waals surface area contributed by atoms with Gasteiger partial charge in [-0.1, -0.05) is 26.7 Å². The fourth-order valence-corrected chi connectivity index (χ4v) is 2.84. The topological polar surface area (TPSA) is 41.1 Å². The van der Waals surface area contributed by atoms with Gasteiger partial charge in [-0.15, -0.1) is 0 Å². The van der Waals surface area contributed by atoms with E-state index in [1.807, 2.05) is 12.4 Å². The summed E-state index contributed by atoms with van der Waals surface area (Å²) in [5.41, 5.74) is 1.02. The summed E-state index contributed by atoms with van der Waals surface area (Å²) in [7, 11) is 2.16. The van der Waals surface area contributed by atoms with Crippen LogP contribution in [0.25, 0.3) is 0 Å². The molecule has 2 rings (SSSR count). The summed E-state index contributed by atoms with van der Waals surface area (Å²) in [6.45, 7) is 6.22. The molecule has 1 aromatic heterocycles. The molecule has 1 aromatic rings. The molecule has 0 aliphatic heterocycles. The Morgan fingerprint density at radius 3 is 2.95 bits per heavy atom. The smallest absolute Gasteiger partial charge is 0.147 e. The fourth-order valence-electron chi connectivity index (χ4n) is 2.84. The Hall–Kier alpha value is -1.16. The van der Waals surface area contributed by atoms with Crippen molar-refractivity contribution in [3.63, 3.8) is 0 Å². The van der Waals surface area contributed by atoms with E-state index >= 15 is 0 Å². The van der Waals surface area contributed by atoms with Crippen LogP contribution in [-0.2, 0) is 6.54 Å². The van der Waals surface area contributed by atoms with Gasteiger partial charge in [0.15, 0.2) is 0 Å². The molecule has 2 atom stereocenters. The highest BCUT2D eigenvalue weighted by atomic mass is 15.2. The van der Waals surface area contributed by atoms with E-state index in [0.717, 1.165) is 30.5 Å². The third kappa shape index (κ3) is 3.90. The second-order valence-electron chi connectivity index (χ2n) is 5.69. The lowest BCUT2D eigenvalue weighted by Gasteiger charge is -2.34. The maximum atomic E-state index is 4.71. The summed E-state index contributed by atoms with van der Waals surface area (Å²) in [6.07, 6.45) is 8.99. The minimum absolute atomic E-state index is 0.618. The van der Waals surface area contributed by atoms with E-state index in [1.165, 1.54) is 25.7 Å². The molecule has 4 heteroatoms. The van der Waals surface area contributed by atoms with Gasteiger partial charge in [0, 0.05) is 25.8 Å². The van der Waals surface area contributed by atoms with Gasteiger partial charge in [-0.05, 0) is 25.3 Å². The molecule has 0 amide bonds. The fraction of sp³-hybridized carbons (Fsp3) is 0.733. The number of anilines is 1. The normalized spacial score (nSPS) is 23.3. The van der Waals surface area contributed by atoms with E-state index in [9.17, 15) is 0 Å². The number of hydrogen-bond donors (Lipinski definition) is 1. The van der Waals surface area contributed by atoms with Crippen LogP contribution in [0.15, 0.2) is 12.4 Å². The van der Waals surface area contributed by atoms with Crippen LogP contribution in [0.2, 0.25) is 0 Å². The summed E-state index contributed by atoms with van der Waals surface area (Å²) in [4.78, 5) is 11.4. The van der Waals surface area contributed by atoms with Gasteiger partial charge in [-0.25, -0.2) is 4.98 Å². The molecule has 1 heterocycles. The average Bonchev–Trinajstić information content (AvgIpc) is 2.44. The van der Waals surface area contributed by atoms with Gasteiger partial charge < -0.3 is 10.2 Å². The maximum absolute atomic E-state index is 4.71. The van der Waals surface area contributed by atoms with Crippen LogP contribution >= 0.6 is 0 Å². The highest BCUT2D eigenvalue weighted by Gasteiger charge is 2.23. The second-order valence-corrected chi connectivity index (χ2v) is 5.69. The molecular formula is C15H26N4. The third-order valence-electron chi connectivity index (χ3n) is 4.05. The predicted molar refractivity (Wildman–Crippen MR) is 79.2 cm³/mol. The Bertz CT molecular complexity index is 393. The van der Waals surface area contributed by atoms with Crippen molar-refractivity contribution in [2.24, 2.45) is 5.92 Å². The SMILES string of the molecule is CCNCc1cncc(N(C)C2CCCC(C)C2)n1. The molecule has 106 valence electrons. The van der Waals surface area contributed by atoms with Crippen molar-refractivity contribution in [2.45, 2.75) is 52.1 Å². The van der Waals surface area contributed by atoms with Gasteiger partial charge in [0.05, 0.1) is 11.9 Å². The number of nitrogens with one attached hydrogen (secondary N) is 1. The van der Waals surface area contributed by atoms with Crippen molar-refractivity contribution in [3.05, 3.63) is 18.1 Å². The first kappa shape index (κ1) is 14.3. The van der Waals surface area contributed by atoms with Gasteiger partial charge in [0.2, 0.25) is 0 Å². The molecule has 0 aromatic carbocycles. The summed E-state index contributed by atoms with van der Waals surface area (Å²) in [5.74, 6) is 1.84. The lowest BCUT2D eigenvalue weighted by Crippen LogP contribution is -2.36. The molecule has 1 aliphatic carbocycles. The van der Waals surface area contributed by atoms with Crippen LogP contribution < -0.4 is 10.2 Å². The molecular weight excluding hydrogens is 236 g/mol. The average molecular weight is 262 g/mol. The second kappa shape index (κ2) is 6.85. The minimum atomic E-state index is 0.618. The molecule has 1 saturated carbocycles.